The average Bonchev–Trinajstić information content (AvgIpc) is 2.30. The highest BCUT2D eigenvalue weighted by Gasteiger charge is 1.99. The van der Waals surface area contributed by atoms with Gasteiger partial charge in [0.15, 0.2) is 0 Å². The van der Waals surface area contributed by atoms with Gasteiger partial charge < -0.3 is 0 Å². The van der Waals surface area contributed by atoms with E-state index in [9.17, 15) is 0 Å². The molecule has 0 bridgehead atoms. The molecule has 1 heterocycles. The number of aryl methyl sites for hydroxylation is 1. The van der Waals surface area contributed by atoms with E-state index < -0.39 is 0 Å². The lowest BCUT2D eigenvalue weighted by atomic mass is 10.1. The number of benzene rings is 1. The second kappa shape index (κ2) is 4.45. The Kier molecular flexibility index (Phi) is 3.02. The van der Waals surface area contributed by atoms with Crippen molar-refractivity contribution in [3.05, 3.63) is 53.2 Å². The van der Waals surface area contributed by atoms with Crippen LogP contribution < -0.4 is 0 Å². The fourth-order valence-electron chi connectivity index (χ4n) is 1.47. The van der Waals surface area contributed by atoms with Crippen molar-refractivity contribution in [2.45, 2.75) is 13.3 Å². The van der Waals surface area contributed by atoms with Crippen LogP contribution >= 0.6 is 11.6 Å². The maximum absolute atomic E-state index is 5.84. The van der Waals surface area contributed by atoms with Gasteiger partial charge in [0.25, 0.3) is 0 Å². The minimum absolute atomic E-state index is 0.755. The van der Waals surface area contributed by atoms with Gasteiger partial charge in [-0.3, -0.25) is 4.98 Å². The Balaban J connectivity index is 2.40. The molecule has 0 aliphatic rings. The fraction of sp³-hybridized carbons (Fsp3) is 0.154. The molecule has 0 unspecified atom stereocenters. The summed E-state index contributed by atoms with van der Waals surface area (Å²) in [5.74, 6) is 0. The molecule has 1 nitrogen and oxygen atoms in total. The summed E-state index contributed by atoms with van der Waals surface area (Å²) in [5.41, 5.74) is 3.41. The van der Waals surface area contributed by atoms with Gasteiger partial charge in [0, 0.05) is 16.8 Å². The van der Waals surface area contributed by atoms with E-state index in [4.69, 9.17) is 11.6 Å². The summed E-state index contributed by atoms with van der Waals surface area (Å²) < 4.78 is 0. The molecule has 0 spiro atoms. The molecule has 0 N–H and O–H groups in total. The highest BCUT2D eigenvalue weighted by Crippen LogP contribution is 2.20. The number of rotatable bonds is 2. The Hall–Kier alpha value is -1.34. The fourth-order valence-corrected chi connectivity index (χ4v) is 1.60. The topological polar surface area (TPSA) is 12.9 Å². The van der Waals surface area contributed by atoms with E-state index in [0.29, 0.717) is 0 Å². The van der Waals surface area contributed by atoms with Gasteiger partial charge in [-0.25, -0.2) is 0 Å². The van der Waals surface area contributed by atoms with Gasteiger partial charge in [-0.15, -0.1) is 0 Å². The number of pyridine rings is 1. The van der Waals surface area contributed by atoms with Crippen LogP contribution in [-0.4, -0.2) is 4.98 Å². The zero-order valence-corrected chi connectivity index (χ0v) is 9.33. The van der Waals surface area contributed by atoms with Gasteiger partial charge in [-0.1, -0.05) is 30.7 Å². The molecule has 0 radical (unpaired) electrons. The Bertz CT molecular complexity index is 448. The standard InChI is InChI=1S/C13H12ClN/c1-2-10-7-8-15-13(9-10)11-3-5-12(14)6-4-11/h3-9H,2H2,1H3. The predicted octanol–water partition coefficient (Wildman–Crippen LogP) is 3.96. The van der Waals surface area contributed by atoms with Crippen LogP contribution in [0, 0.1) is 0 Å². The third-order valence-electron chi connectivity index (χ3n) is 2.37. The Morgan fingerprint density at radius 3 is 2.53 bits per heavy atom. The van der Waals surface area contributed by atoms with Gasteiger partial charge in [0.2, 0.25) is 0 Å². The van der Waals surface area contributed by atoms with Crippen LogP contribution in [0.15, 0.2) is 42.6 Å². The Morgan fingerprint density at radius 1 is 1.13 bits per heavy atom. The minimum Gasteiger partial charge on any atom is -0.256 e. The summed E-state index contributed by atoms with van der Waals surface area (Å²) in [4.78, 5) is 4.34. The van der Waals surface area contributed by atoms with Gasteiger partial charge >= 0.3 is 0 Å². The smallest absolute Gasteiger partial charge is 0.0704 e. The molecule has 2 aromatic rings. The van der Waals surface area contributed by atoms with Crippen LogP contribution in [0.25, 0.3) is 11.3 Å². The molecule has 2 rings (SSSR count). The van der Waals surface area contributed by atoms with Crippen molar-refractivity contribution in [3.8, 4) is 11.3 Å². The van der Waals surface area contributed by atoms with Crippen molar-refractivity contribution in [2.75, 3.05) is 0 Å². The molecule has 0 atom stereocenters. The van der Waals surface area contributed by atoms with E-state index in [0.717, 1.165) is 22.7 Å². The van der Waals surface area contributed by atoms with Crippen LogP contribution in [0.3, 0.4) is 0 Å². The second-order valence-corrected chi connectivity index (χ2v) is 3.85. The van der Waals surface area contributed by atoms with Crippen molar-refractivity contribution >= 4 is 11.6 Å². The quantitative estimate of drug-likeness (QED) is 0.742. The van der Waals surface area contributed by atoms with E-state index in [1.54, 1.807) is 0 Å². The Labute approximate surface area is 94.7 Å². The minimum atomic E-state index is 0.755. The second-order valence-electron chi connectivity index (χ2n) is 3.41. The van der Waals surface area contributed by atoms with Crippen LogP contribution in [0.5, 0.6) is 0 Å². The number of nitrogens with zero attached hydrogens (tertiary/aromatic N) is 1. The van der Waals surface area contributed by atoms with Crippen molar-refractivity contribution in [1.82, 2.24) is 4.98 Å². The maximum Gasteiger partial charge on any atom is 0.0704 e. The average molecular weight is 218 g/mol. The molecular formula is C13H12ClN. The number of hydrogen-bond donors (Lipinski definition) is 0. The van der Waals surface area contributed by atoms with Crippen LogP contribution in [0.1, 0.15) is 12.5 Å². The number of aromatic nitrogens is 1. The monoisotopic (exact) mass is 217 g/mol. The molecule has 1 aromatic carbocycles. The molecule has 1 aromatic heterocycles. The first-order chi connectivity index (χ1) is 7.29. The summed E-state index contributed by atoms with van der Waals surface area (Å²) in [6.45, 7) is 2.14. The van der Waals surface area contributed by atoms with Crippen LogP contribution in [0.2, 0.25) is 5.02 Å². The van der Waals surface area contributed by atoms with Crippen LogP contribution in [0.4, 0.5) is 0 Å². The highest BCUT2D eigenvalue weighted by molar-refractivity contribution is 6.30. The highest BCUT2D eigenvalue weighted by atomic mass is 35.5. The van der Waals surface area contributed by atoms with Gasteiger partial charge in [0.1, 0.15) is 0 Å². The van der Waals surface area contributed by atoms with Crippen molar-refractivity contribution in [2.24, 2.45) is 0 Å². The van der Waals surface area contributed by atoms with Crippen LogP contribution in [-0.2, 0) is 6.42 Å². The van der Waals surface area contributed by atoms with E-state index in [-0.39, 0.29) is 0 Å². The normalized spacial score (nSPS) is 10.3. The lowest BCUT2D eigenvalue weighted by molar-refractivity contribution is 1.12. The zero-order valence-electron chi connectivity index (χ0n) is 8.57. The Morgan fingerprint density at radius 2 is 1.87 bits per heavy atom. The van der Waals surface area contributed by atoms with E-state index >= 15 is 0 Å². The molecule has 15 heavy (non-hydrogen) atoms. The zero-order chi connectivity index (χ0) is 10.7. The first kappa shape index (κ1) is 10.2. The molecule has 0 saturated heterocycles. The molecule has 0 fully saturated rings. The van der Waals surface area contributed by atoms with Gasteiger partial charge in [-0.2, -0.15) is 0 Å². The van der Waals surface area contributed by atoms with Crippen molar-refractivity contribution < 1.29 is 0 Å². The molecule has 2 heteroatoms. The molecular weight excluding hydrogens is 206 g/mol. The summed E-state index contributed by atoms with van der Waals surface area (Å²) in [7, 11) is 0. The maximum atomic E-state index is 5.84. The largest absolute Gasteiger partial charge is 0.256 e. The van der Waals surface area contributed by atoms with E-state index in [2.05, 4.69) is 18.0 Å². The first-order valence-corrected chi connectivity index (χ1v) is 5.38. The molecule has 0 aliphatic carbocycles. The van der Waals surface area contributed by atoms with Gasteiger partial charge in [-0.05, 0) is 36.2 Å². The predicted molar refractivity (Wildman–Crippen MR) is 64.1 cm³/mol. The molecule has 0 amide bonds. The lowest BCUT2D eigenvalue weighted by Crippen LogP contribution is -1.86. The number of hydrogen-bond acceptors (Lipinski definition) is 1. The summed E-state index contributed by atoms with van der Waals surface area (Å²) in [5, 5.41) is 0.755. The van der Waals surface area contributed by atoms with E-state index in [1.807, 2.05) is 36.5 Å². The van der Waals surface area contributed by atoms with Gasteiger partial charge in [0.05, 0.1) is 5.69 Å². The van der Waals surface area contributed by atoms with Crippen molar-refractivity contribution in [3.63, 3.8) is 0 Å². The third kappa shape index (κ3) is 2.37. The van der Waals surface area contributed by atoms with E-state index in [1.165, 1.54) is 5.56 Å². The van der Waals surface area contributed by atoms with Crippen molar-refractivity contribution in [1.29, 1.82) is 0 Å². The summed E-state index contributed by atoms with van der Waals surface area (Å²) >= 11 is 5.84. The SMILES string of the molecule is CCc1ccnc(-c2ccc(Cl)cc2)c1. The summed E-state index contributed by atoms with van der Waals surface area (Å²) in [6.07, 6.45) is 2.88. The summed E-state index contributed by atoms with van der Waals surface area (Å²) in [6, 6.07) is 11.9. The third-order valence-corrected chi connectivity index (χ3v) is 2.62. The molecule has 0 saturated carbocycles. The lowest BCUT2D eigenvalue weighted by Gasteiger charge is -2.02. The number of halogens is 1. The first-order valence-electron chi connectivity index (χ1n) is 5.00. The molecule has 76 valence electrons. The molecule has 0 aliphatic heterocycles.